The van der Waals surface area contributed by atoms with Crippen molar-refractivity contribution in [3.8, 4) is 0 Å². The van der Waals surface area contributed by atoms with E-state index in [1.54, 1.807) is 0 Å². The zero-order valence-corrected chi connectivity index (χ0v) is 11.4. The standard InChI is InChI=1S/C13H25NO3/c1-5-8-13(3,16)10-14-9-7-11(6-2)12(15)17-4/h7,14,16H,5-6,8-10H2,1-4H3/b11-7-. The first kappa shape index (κ1) is 16.1. The van der Waals surface area contributed by atoms with Crippen molar-refractivity contribution in [2.45, 2.75) is 45.6 Å². The van der Waals surface area contributed by atoms with E-state index in [1.807, 2.05) is 26.8 Å². The number of rotatable bonds is 8. The van der Waals surface area contributed by atoms with Gasteiger partial charge in [0.15, 0.2) is 0 Å². The molecule has 4 nitrogen and oxygen atoms in total. The van der Waals surface area contributed by atoms with Gasteiger partial charge in [0.1, 0.15) is 0 Å². The second-order valence-corrected chi connectivity index (χ2v) is 4.45. The summed E-state index contributed by atoms with van der Waals surface area (Å²) in [5.74, 6) is -0.283. The zero-order chi connectivity index (χ0) is 13.3. The molecule has 17 heavy (non-hydrogen) atoms. The average molecular weight is 243 g/mol. The first-order valence-electron chi connectivity index (χ1n) is 6.17. The van der Waals surface area contributed by atoms with E-state index < -0.39 is 5.60 Å². The molecule has 0 saturated carbocycles. The highest BCUT2D eigenvalue weighted by Crippen LogP contribution is 2.09. The summed E-state index contributed by atoms with van der Waals surface area (Å²) >= 11 is 0. The lowest BCUT2D eigenvalue weighted by atomic mass is 10.0. The van der Waals surface area contributed by atoms with Crippen LogP contribution in [0.2, 0.25) is 0 Å². The van der Waals surface area contributed by atoms with Crippen molar-refractivity contribution in [1.29, 1.82) is 0 Å². The summed E-state index contributed by atoms with van der Waals surface area (Å²) in [6, 6.07) is 0. The van der Waals surface area contributed by atoms with Crippen molar-refractivity contribution >= 4 is 5.97 Å². The van der Waals surface area contributed by atoms with Crippen molar-refractivity contribution in [3.63, 3.8) is 0 Å². The van der Waals surface area contributed by atoms with E-state index in [1.165, 1.54) is 7.11 Å². The molecule has 0 aliphatic rings. The van der Waals surface area contributed by atoms with Crippen LogP contribution in [0.25, 0.3) is 0 Å². The van der Waals surface area contributed by atoms with E-state index in [4.69, 9.17) is 0 Å². The van der Waals surface area contributed by atoms with Crippen molar-refractivity contribution in [2.24, 2.45) is 0 Å². The Morgan fingerprint density at radius 3 is 2.59 bits per heavy atom. The number of ether oxygens (including phenoxy) is 1. The summed E-state index contributed by atoms with van der Waals surface area (Å²) in [7, 11) is 1.38. The van der Waals surface area contributed by atoms with Gasteiger partial charge in [-0.1, -0.05) is 26.3 Å². The summed E-state index contributed by atoms with van der Waals surface area (Å²) < 4.78 is 4.66. The maximum Gasteiger partial charge on any atom is 0.333 e. The molecule has 0 aromatic rings. The molecule has 0 rings (SSSR count). The van der Waals surface area contributed by atoms with Gasteiger partial charge < -0.3 is 15.2 Å². The van der Waals surface area contributed by atoms with Gasteiger partial charge in [-0.25, -0.2) is 4.79 Å². The summed E-state index contributed by atoms with van der Waals surface area (Å²) in [4.78, 5) is 11.3. The van der Waals surface area contributed by atoms with Crippen molar-refractivity contribution in [2.75, 3.05) is 20.2 Å². The Hall–Kier alpha value is -0.870. The molecule has 0 aliphatic carbocycles. The van der Waals surface area contributed by atoms with Gasteiger partial charge in [0.05, 0.1) is 12.7 Å². The van der Waals surface area contributed by atoms with E-state index >= 15 is 0 Å². The lowest BCUT2D eigenvalue weighted by molar-refractivity contribution is -0.136. The maximum atomic E-state index is 11.3. The minimum absolute atomic E-state index is 0.283. The molecule has 0 bridgehead atoms. The van der Waals surface area contributed by atoms with Gasteiger partial charge in [0.2, 0.25) is 0 Å². The third kappa shape index (κ3) is 7.13. The molecule has 0 heterocycles. The van der Waals surface area contributed by atoms with Crippen LogP contribution in [0, 0.1) is 0 Å². The number of nitrogens with one attached hydrogen (secondary N) is 1. The molecule has 0 aromatic carbocycles. The summed E-state index contributed by atoms with van der Waals surface area (Å²) in [5.41, 5.74) is -0.0182. The number of carbonyl (C=O) groups is 1. The third-order valence-corrected chi connectivity index (χ3v) is 2.62. The van der Waals surface area contributed by atoms with Gasteiger partial charge in [-0.3, -0.25) is 0 Å². The minimum Gasteiger partial charge on any atom is -0.466 e. The summed E-state index contributed by atoms with van der Waals surface area (Å²) in [6.45, 7) is 6.86. The highest BCUT2D eigenvalue weighted by Gasteiger charge is 2.17. The van der Waals surface area contributed by atoms with Crippen molar-refractivity contribution in [3.05, 3.63) is 11.6 Å². The lowest BCUT2D eigenvalue weighted by Crippen LogP contribution is -2.37. The summed E-state index contributed by atoms with van der Waals surface area (Å²) in [6.07, 6.45) is 4.18. The molecule has 0 spiro atoms. The van der Waals surface area contributed by atoms with Gasteiger partial charge in [0, 0.05) is 18.7 Å². The van der Waals surface area contributed by atoms with Crippen molar-refractivity contribution < 1.29 is 14.6 Å². The van der Waals surface area contributed by atoms with E-state index in [-0.39, 0.29) is 5.97 Å². The minimum atomic E-state index is -0.680. The molecule has 4 heteroatoms. The number of hydrogen-bond donors (Lipinski definition) is 2. The van der Waals surface area contributed by atoms with Gasteiger partial charge in [-0.15, -0.1) is 0 Å². The molecule has 1 unspecified atom stereocenters. The van der Waals surface area contributed by atoms with Crippen LogP contribution in [0.4, 0.5) is 0 Å². The Labute approximate surface area is 104 Å². The third-order valence-electron chi connectivity index (χ3n) is 2.62. The fraction of sp³-hybridized carbons (Fsp3) is 0.769. The van der Waals surface area contributed by atoms with Gasteiger partial charge in [0.25, 0.3) is 0 Å². The van der Waals surface area contributed by atoms with E-state index in [9.17, 15) is 9.90 Å². The quantitative estimate of drug-likeness (QED) is 0.386. The van der Waals surface area contributed by atoms with Gasteiger partial charge in [-0.05, 0) is 19.8 Å². The number of methoxy groups -OCH3 is 1. The number of carbonyl (C=O) groups excluding carboxylic acids is 1. The highest BCUT2D eigenvalue weighted by atomic mass is 16.5. The van der Waals surface area contributed by atoms with Gasteiger partial charge in [-0.2, -0.15) is 0 Å². The summed E-state index contributed by atoms with van der Waals surface area (Å²) in [5, 5.41) is 13.0. The Bertz CT molecular complexity index is 259. The predicted molar refractivity (Wildman–Crippen MR) is 68.8 cm³/mol. The monoisotopic (exact) mass is 243 g/mol. The smallest absolute Gasteiger partial charge is 0.333 e. The average Bonchev–Trinajstić information content (AvgIpc) is 2.28. The van der Waals surface area contributed by atoms with Crippen LogP contribution in [0.1, 0.15) is 40.0 Å². The number of hydrogen-bond acceptors (Lipinski definition) is 4. The van der Waals surface area contributed by atoms with Crippen LogP contribution in [0.3, 0.4) is 0 Å². The predicted octanol–water partition coefficient (Wildman–Crippen LogP) is 1.64. The lowest BCUT2D eigenvalue weighted by Gasteiger charge is -2.22. The molecular formula is C13H25NO3. The van der Waals surface area contributed by atoms with Crippen LogP contribution in [0.5, 0.6) is 0 Å². The van der Waals surface area contributed by atoms with Crippen LogP contribution < -0.4 is 5.32 Å². The van der Waals surface area contributed by atoms with E-state index in [2.05, 4.69) is 10.1 Å². The highest BCUT2D eigenvalue weighted by molar-refractivity contribution is 5.88. The number of aliphatic hydroxyl groups is 1. The van der Waals surface area contributed by atoms with Gasteiger partial charge >= 0.3 is 5.97 Å². The Balaban J connectivity index is 4.04. The molecule has 2 N–H and O–H groups in total. The Morgan fingerprint density at radius 2 is 2.12 bits per heavy atom. The van der Waals surface area contributed by atoms with Crippen molar-refractivity contribution in [1.82, 2.24) is 5.32 Å². The normalized spacial score (nSPS) is 15.5. The fourth-order valence-corrected chi connectivity index (χ4v) is 1.67. The molecule has 0 saturated heterocycles. The molecule has 1 atom stereocenters. The molecule has 0 amide bonds. The molecule has 0 aromatic heterocycles. The maximum absolute atomic E-state index is 11.3. The second-order valence-electron chi connectivity index (χ2n) is 4.45. The van der Waals surface area contributed by atoms with Crippen LogP contribution in [0.15, 0.2) is 11.6 Å². The molecular weight excluding hydrogens is 218 g/mol. The van der Waals surface area contributed by atoms with E-state index in [0.717, 1.165) is 12.8 Å². The van der Waals surface area contributed by atoms with E-state index in [0.29, 0.717) is 25.1 Å². The topological polar surface area (TPSA) is 58.6 Å². The SMILES string of the molecule is CCCC(C)(O)CNC/C=C(/CC)C(=O)OC. The molecule has 0 fully saturated rings. The van der Waals surface area contributed by atoms with Crippen LogP contribution in [-0.4, -0.2) is 36.9 Å². The second kappa shape index (κ2) is 8.25. The van der Waals surface area contributed by atoms with Crippen LogP contribution >= 0.6 is 0 Å². The first-order valence-corrected chi connectivity index (χ1v) is 6.17. The fourth-order valence-electron chi connectivity index (χ4n) is 1.67. The Kier molecular flexibility index (Phi) is 7.83. The molecule has 100 valence electrons. The van der Waals surface area contributed by atoms with Crippen LogP contribution in [-0.2, 0) is 9.53 Å². The largest absolute Gasteiger partial charge is 0.466 e. The molecule has 0 aliphatic heterocycles. The number of esters is 1. The molecule has 0 radical (unpaired) electrons. The zero-order valence-electron chi connectivity index (χ0n) is 11.4. The Morgan fingerprint density at radius 1 is 1.47 bits per heavy atom. The first-order chi connectivity index (χ1) is 7.96.